The summed E-state index contributed by atoms with van der Waals surface area (Å²) in [5.41, 5.74) is -0.108. The highest BCUT2D eigenvalue weighted by Crippen LogP contribution is 2.26. The Bertz CT molecular complexity index is 770. The molecule has 0 unspecified atom stereocenters. The molecule has 2 aromatic heterocycles. The van der Waals surface area contributed by atoms with Crippen LogP contribution in [0.3, 0.4) is 0 Å². The van der Waals surface area contributed by atoms with Gasteiger partial charge in [0.1, 0.15) is 10.5 Å². The second-order valence-electron chi connectivity index (χ2n) is 5.73. The molecule has 2 heterocycles. The molecular weight excluding hydrogens is 278 g/mol. The third kappa shape index (κ3) is 2.82. The number of carbonyl (C=O) groups excluding carboxylic acids is 1. The van der Waals surface area contributed by atoms with Crippen LogP contribution in [0.25, 0.3) is 11.0 Å². The maximum Gasteiger partial charge on any atom is 0.230 e. The van der Waals surface area contributed by atoms with Crippen molar-refractivity contribution in [3.63, 3.8) is 0 Å². The third-order valence-corrected chi connectivity index (χ3v) is 3.92. The summed E-state index contributed by atoms with van der Waals surface area (Å²) in [6.07, 6.45) is 2.76. The molecule has 6 nitrogen and oxygen atoms in total. The maximum absolute atomic E-state index is 12.0. The Morgan fingerprint density at radius 2 is 2.00 bits per heavy atom. The van der Waals surface area contributed by atoms with Crippen LogP contribution in [-0.2, 0) is 14.6 Å². The number of nitrogens with one attached hydrogen (secondary N) is 2. The predicted molar refractivity (Wildman–Crippen MR) is 77.3 cm³/mol. The molecule has 0 atom stereocenters. The smallest absolute Gasteiger partial charge is 0.230 e. The Kier molecular flexibility index (Phi) is 3.33. The molecule has 0 fully saturated rings. The molecule has 20 heavy (non-hydrogen) atoms. The highest BCUT2D eigenvalue weighted by Gasteiger charge is 2.25. The number of fused-ring (bicyclic) bond motifs is 1. The van der Waals surface area contributed by atoms with Gasteiger partial charge in [0, 0.05) is 23.3 Å². The van der Waals surface area contributed by atoms with Gasteiger partial charge in [0.25, 0.3) is 0 Å². The Morgan fingerprint density at radius 3 is 2.55 bits per heavy atom. The number of pyridine rings is 1. The van der Waals surface area contributed by atoms with E-state index >= 15 is 0 Å². The fraction of sp³-hybridized carbons (Fsp3) is 0.385. The monoisotopic (exact) mass is 295 g/mol. The van der Waals surface area contributed by atoms with Crippen LogP contribution in [0.4, 0.5) is 5.82 Å². The molecule has 0 aliphatic carbocycles. The molecule has 108 valence electrons. The number of anilines is 1. The highest BCUT2D eigenvalue weighted by molar-refractivity contribution is 7.90. The lowest BCUT2D eigenvalue weighted by Gasteiger charge is -2.18. The molecule has 0 aliphatic rings. The minimum Gasteiger partial charge on any atom is -0.346 e. The normalized spacial score (nSPS) is 12.6. The summed E-state index contributed by atoms with van der Waals surface area (Å²) in [5.74, 6) is -0.233. The van der Waals surface area contributed by atoms with Gasteiger partial charge in [-0.05, 0) is 12.1 Å². The summed E-state index contributed by atoms with van der Waals surface area (Å²) in [6, 6.07) is 3.23. The van der Waals surface area contributed by atoms with Crippen LogP contribution in [0.15, 0.2) is 23.2 Å². The molecule has 0 saturated heterocycles. The second kappa shape index (κ2) is 4.59. The van der Waals surface area contributed by atoms with Gasteiger partial charge < -0.3 is 10.3 Å². The molecule has 2 N–H and O–H groups in total. The zero-order chi connectivity index (χ0) is 15.1. The minimum atomic E-state index is -3.49. The van der Waals surface area contributed by atoms with Crippen molar-refractivity contribution in [2.75, 3.05) is 11.6 Å². The first-order valence-corrected chi connectivity index (χ1v) is 7.98. The molecule has 0 radical (unpaired) electrons. The van der Waals surface area contributed by atoms with E-state index in [1.165, 1.54) is 6.07 Å². The summed E-state index contributed by atoms with van der Waals surface area (Å²) in [5, 5.41) is 3.27. The van der Waals surface area contributed by atoms with Crippen LogP contribution < -0.4 is 5.32 Å². The molecule has 1 amide bonds. The number of nitrogens with zero attached hydrogens (tertiary/aromatic N) is 1. The summed E-state index contributed by atoms with van der Waals surface area (Å²) in [4.78, 5) is 19.1. The number of rotatable bonds is 2. The summed E-state index contributed by atoms with van der Waals surface area (Å²) in [7, 11) is -3.49. The Hall–Kier alpha value is -1.89. The lowest BCUT2D eigenvalue weighted by Crippen LogP contribution is -2.28. The Morgan fingerprint density at radius 1 is 1.35 bits per heavy atom. The van der Waals surface area contributed by atoms with E-state index in [0.29, 0.717) is 11.0 Å². The van der Waals surface area contributed by atoms with Crippen LogP contribution in [0.5, 0.6) is 0 Å². The van der Waals surface area contributed by atoms with Gasteiger partial charge in [-0.3, -0.25) is 4.79 Å². The SMILES string of the molecule is CC(C)(C)C(=O)Nc1nc2[nH]ccc2cc1S(C)(=O)=O. The third-order valence-electron chi connectivity index (χ3n) is 2.81. The van der Waals surface area contributed by atoms with E-state index in [0.717, 1.165) is 6.26 Å². The zero-order valence-corrected chi connectivity index (χ0v) is 12.6. The fourth-order valence-electron chi connectivity index (χ4n) is 1.63. The second-order valence-corrected chi connectivity index (χ2v) is 7.71. The van der Waals surface area contributed by atoms with Gasteiger partial charge in [-0.25, -0.2) is 13.4 Å². The van der Waals surface area contributed by atoms with Crippen LogP contribution in [0, 0.1) is 5.41 Å². The van der Waals surface area contributed by atoms with Crippen molar-refractivity contribution in [2.24, 2.45) is 5.41 Å². The lowest BCUT2D eigenvalue weighted by molar-refractivity contribution is -0.123. The average Bonchev–Trinajstić information content (AvgIpc) is 2.72. The predicted octanol–water partition coefficient (Wildman–Crippen LogP) is 1.95. The first kappa shape index (κ1) is 14.5. The molecule has 7 heteroatoms. The van der Waals surface area contributed by atoms with Crippen LogP contribution in [-0.4, -0.2) is 30.5 Å². The number of amides is 1. The van der Waals surface area contributed by atoms with Gasteiger partial charge in [-0.15, -0.1) is 0 Å². The van der Waals surface area contributed by atoms with Gasteiger partial charge >= 0.3 is 0 Å². The van der Waals surface area contributed by atoms with Crippen molar-refractivity contribution < 1.29 is 13.2 Å². The molecule has 0 bridgehead atoms. The molecule has 0 spiro atoms. The first-order valence-electron chi connectivity index (χ1n) is 6.09. The Balaban J connectivity index is 2.58. The van der Waals surface area contributed by atoms with Crippen molar-refractivity contribution in [3.8, 4) is 0 Å². The van der Waals surface area contributed by atoms with Gasteiger partial charge in [0.2, 0.25) is 5.91 Å². The number of hydrogen-bond donors (Lipinski definition) is 2. The summed E-state index contributed by atoms with van der Waals surface area (Å²) < 4.78 is 23.7. The molecule has 0 aromatic carbocycles. The largest absolute Gasteiger partial charge is 0.346 e. The number of hydrogen-bond acceptors (Lipinski definition) is 4. The van der Waals surface area contributed by atoms with Gasteiger partial charge in [-0.2, -0.15) is 0 Å². The van der Waals surface area contributed by atoms with E-state index in [1.54, 1.807) is 33.0 Å². The first-order chi connectivity index (χ1) is 9.09. The van der Waals surface area contributed by atoms with E-state index in [4.69, 9.17) is 0 Å². The van der Waals surface area contributed by atoms with Crippen molar-refractivity contribution in [2.45, 2.75) is 25.7 Å². The van der Waals surface area contributed by atoms with Gasteiger partial charge in [0.05, 0.1) is 0 Å². The van der Waals surface area contributed by atoms with E-state index in [-0.39, 0.29) is 16.6 Å². The number of aromatic amines is 1. The minimum absolute atomic E-state index is 0.0159. The Labute approximate surface area is 117 Å². The van der Waals surface area contributed by atoms with Crippen molar-refractivity contribution in [1.82, 2.24) is 9.97 Å². The number of carbonyl (C=O) groups is 1. The van der Waals surface area contributed by atoms with Crippen molar-refractivity contribution in [3.05, 3.63) is 18.3 Å². The molecule has 0 aliphatic heterocycles. The van der Waals surface area contributed by atoms with Crippen LogP contribution >= 0.6 is 0 Å². The fourth-order valence-corrected chi connectivity index (χ4v) is 2.42. The van der Waals surface area contributed by atoms with Crippen LogP contribution in [0.2, 0.25) is 0 Å². The van der Waals surface area contributed by atoms with E-state index < -0.39 is 15.3 Å². The number of H-pyrrole nitrogens is 1. The molecular formula is C13H17N3O3S. The van der Waals surface area contributed by atoms with Crippen molar-refractivity contribution in [1.29, 1.82) is 0 Å². The highest BCUT2D eigenvalue weighted by atomic mass is 32.2. The quantitative estimate of drug-likeness (QED) is 0.885. The number of aromatic nitrogens is 2. The van der Waals surface area contributed by atoms with Gasteiger partial charge in [0.15, 0.2) is 15.7 Å². The number of sulfone groups is 1. The average molecular weight is 295 g/mol. The van der Waals surface area contributed by atoms with Crippen LogP contribution in [0.1, 0.15) is 20.8 Å². The zero-order valence-electron chi connectivity index (χ0n) is 11.8. The van der Waals surface area contributed by atoms with Crippen molar-refractivity contribution >= 4 is 32.6 Å². The topological polar surface area (TPSA) is 91.9 Å². The summed E-state index contributed by atoms with van der Waals surface area (Å²) >= 11 is 0. The molecule has 0 saturated carbocycles. The standard InChI is InChI=1S/C13H17N3O3S/c1-13(2,3)12(17)16-11-9(20(4,18)19)7-8-5-6-14-10(8)15-11/h5-7H,1-4H3,(H2,14,15,16,17). The maximum atomic E-state index is 12.0. The van der Waals surface area contributed by atoms with Gasteiger partial charge in [-0.1, -0.05) is 20.8 Å². The lowest BCUT2D eigenvalue weighted by atomic mass is 9.96. The summed E-state index contributed by atoms with van der Waals surface area (Å²) in [6.45, 7) is 5.24. The van der Waals surface area contributed by atoms with E-state index in [1.807, 2.05) is 0 Å². The van der Waals surface area contributed by atoms with E-state index in [9.17, 15) is 13.2 Å². The van der Waals surface area contributed by atoms with E-state index in [2.05, 4.69) is 15.3 Å². The molecule has 2 rings (SSSR count). The molecule has 2 aromatic rings.